The monoisotopic (exact) mass is 357 g/mol. The first kappa shape index (κ1) is 13.4. The van der Waals surface area contributed by atoms with E-state index in [0.29, 0.717) is 13.2 Å². The first-order chi connectivity index (χ1) is 8.70. The third-order valence-corrected chi connectivity index (χ3v) is 3.80. The van der Waals surface area contributed by atoms with E-state index in [4.69, 9.17) is 4.74 Å². The summed E-state index contributed by atoms with van der Waals surface area (Å²) in [6.45, 7) is 2.85. The number of aryl methyl sites for hydroxylation is 2. The molecule has 0 aromatic heterocycles. The van der Waals surface area contributed by atoms with Crippen LogP contribution < -0.4 is 5.32 Å². The van der Waals surface area contributed by atoms with Crippen molar-refractivity contribution in [2.75, 3.05) is 18.5 Å². The zero-order valence-corrected chi connectivity index (χ0v) is 12.5. The molecule has 2 rings (SSSR count). The molecular formula is C14H16INO2. The molecule has 0 fully saturated rings. The van der Waals surface area contributed by atoms with Crippen molar-refractivity contribution in [2.24, 2.45) is 0 Å². The van der Waals surface area contributed by atoms with Crippen molar-refractivity contribution in [2.45, 2.75) is 19.8 Å². The summed E-state index contributed by atoms with van der Waals surface area (Å²) >= 11 is 2.34. The minimum Gasteiger partial charge on any atom is -0.463 e. The summed E-state index contributed by atoms with van der Waals surface area (Å²) in [6, 6.07) is 4.44. The Labute approximate surface area is 121 Å². The zero-order valence-electron chi connectivity index (χ0n) is 10.3. The molecule has 1 aliphatic rings. The van der Waals surface area contributed by atoms with Gasteiger partial charge in [0.25, 0.3) is 0 Å². The van der Waals surface area contributed by atoms with Gasteiger partial charge >= 0.3 is 5.97 Å². The minimum absolute atomic E-state index is 0.286. The first-order valence-corrected chi connectivity index (χ1v) is 7.17. The van der Waals surface area contributed by atoms with E-state index in [1.807, 2.05) is 0 Å². The molecule has 0 amide bonds. The maximum absolute atomic E-state index is 11.1. The number of ether oxygens (including phenoxy) is 1. The van der Waals surface area contributed by atoms with Crippen LogP contribution in [0.15, 0.2) is 24.3 Å². The Morgan fingerprint density at radius 1 is 1.44 bits per heavy atom. The smallest absolute Gasteiger partial charge is 0.330 e. The van der Waals surface area contributed by atoms with Gasteiger partial charge in [-0.15, -0.1) is 0 Å². The van der Waals surface area contributed by atoms with Gasteiger partial charge in [0.05, 0.1) is 6.61 Å². The van der Waals surface area contributed by atoms with Crippen LogP contribution in [0.2, 0.25) is 0 Å². The van der Waals surface area contributed by atoms with Crippen molar-refractivity contribution in [3.63, 3.8) is 0 Å². The van der Waals surface area contributed by atoms with Crippen molar-refractivity contribution in [1.29, 1.82) is 0 Å². The number of benzene rings is 1. The van der Waals surface area contributed by atoms with Gasteiger partial charge in [-0.25, -0.2) is 4.79 Å². The Hall–Kier alpha value is -1.04. The van der Waals surface area contributed by atoms with Crippen molar-refractivity contribution >= 4 is 34.2 Å². The molecule has 0 saturated heterocycles. The van der Waals surface area contributed by atoms with Gasteiger partial charge in [-0.3, -0.25) is 0 Å². The average Bonchev–Trinajstić information content (AvgIpc) is 2.32. The van der Waals surface area contributed by atoms with Crippen LogP contribution in [0.1, 0.15) is 18.1 Å². The predicted molar refractivity (Wildman–Crippen MR) is 80.8 cm³/mol. The molecule has 1 N–H and O–H groups in total. The van der Waals surface area contributed by atoms with Gasteiger partial charge in [0, 0.05) is 21.9 Å². The molecule has 0 bridgehead atoms. The Morgan fingerprint density at radius 2 is 2.17 bits per heavy atom. The molecule has 1 aliphatic carbocycles. The van der Waals surface area contributed by atoms with E-state index >= 15 is 0 Å². The molecular weight excluding hydrogens is 341 g/mol. The van der Waals surface area contributed by atoms with E-state index in [1.54, 1.807) is 13.0 Å². The Bertz CT molecular complexity index is 483. The Morgan fingerprint density at radius 3 is 2.83 bits per heavy atom. The number of rotatable bonds is 5. The van der Waals surface area contributed by atoms with E-state index in [2.05, 4.69) is 40.0 Å². The molecule has 0 radical (unpaired) electrons. The van der Waals surface area contributed by atoms with Crippen LogP contribution in [0.5, 0.6) is 0 Å². The van der Waals surface area contributed by atoms with Gasteiger partial charge in [0.1, 0.15) is 0 Å². The van der Waals surface area contributed by atoms with Crippen LogP contribution >= 0.6 is 22.6 Å². The number of hydrogen-bond acceptors (Lipinski definition) is 3. The summed E-state index contributed by atoms with van der Waals surface area (Å²) < 4.78 is 6.04. The van der Waals surface area contributed by atoms with Gasteiger partial charge in [0.15, 0.2) is 0 Å². The number of hydrogen-bond donors (Lipinski definition) is 1. The second-order valence-corrected chi connectivity index (χ2v) is 5.30. The third-order valence-electron chi connectivity index (χ3n) is 2.90. The van der Waals surface area contributed by atoms with Gasteiger partial charge in [-0.05, 0) is 65.6 Å². The van der Waals surface area contributed by atoms with Crippen molar-refractivity contribution in [3.8, 4) is 0 Å². The summed E-state index contributed by atoms with van der Waals surface area (Å²) in [5.74, 6) is -0.286. The van der Waals surface area contributed by atoms with Crippen molar-refractivity contribution in [3.05, 3.63) is 39.0 Å². The fourth-order valence-electron chi connectivity index (χ4n) is 1.87. The number of carbonyl (C=O) groups is 1. The largest absolute Gasteiger partial charge is 0.463 e. The standard InChI is InChI=1S/C14H16INO2/c1-2-18-14(17)4-3-7-16-13-9-11-6-5-10(11)8-12(13)15/h3-4,8-9,16H,2,5-7H2,1H3/b4-3+. The maximum Gasteiger partial charge on any atom is 0.330 e. The van der Waals surface area contributed by atoms with E-state index < -0.39 is 0 Å². The number of nitrogens with one attached hydrogen (secondary N) is 1. The van der Waals surface area contributed by atoms with Crippen LogP contribution in [0, 0.1) is 3.57 Å². The topological polar surface area (TPSA) is 38.3 Å². The quantitative estimate of drug-likeness (QED) is 0.500. The molecule has 0 spiro atoms. The number of esters is 1. The Balaban J connectivity index is 1.87. The molecule has 4 heteroatoms. The minimum atomic E-state index is -0.286. The van der Waals surface area contributed by atoms with Crippen LogP contribution in [-0.2, 0) is 22.4 Å². The van der Waals surface area contributed by atoms with Gasteiger partial charge in [-0.1, -0.05) is 6.08 Å². The van der Waals surface area contributed by atoms with Crippen LogP contribution in [0.3, 0.4) is 0 Å². The van der Waals surface area contributed by atoms with Crippen molar-refractivity contribution < 1.29 is 9.53 Å². The lowest BCUT2D eigenvalue weighted by Gasteiger charge is -2.21. The Kier molecular flexibility index (Phi) is 4.63. The summed E-state index contributed by atoms with van der Waals surface area (Å²) in [4.78, 5) is 11.1. The summed E-state index contributed by atoms with van der Waals surface area (Å²) in [5, 5.41) is 3.31. The molecule has 18 heavy (non-hydrogen) atoms. The van der Waals surface area contributed by atoms with Gasteiger partial charge < -0.3 is 10.1 Å². The van der Waals surface area contributed by atoms with Crippen LogP contribution in [-0.4, -0.2) is 19.1 Å². The highest BCUT2D eigenvalue weighted by molar-refractivity contribution is 14.1. The van der Waals surface area contributed by atoms with Crippen LogP contribution in [0.4, 0.5) is 5.69 Å². The van der Waals surface area contributed by atoms with E-state index in [0.717, 1.165) is 5.69 Å². The first-order valence-electron chi connectivity index (χ1n) is 6.09. The molecule has 0 heterocycles. The molecule has 0 atom stereocenters. The van der Waals surface area contributed by atoms with Crippen molar-refractivity contribution in [1.82, 2.24) is 0 Å². The van der Waals surface area contributed by atoms with Crippen LogP contribution in [0.25, 0.3) is 0 Å². The number of anilines is 1. The van der Waals surface area contributed by atoms with Gasteiger partial charge in [-0.2, -0.15) is 0 Å². The summed E-state index contributed by atoms with van der Waals surface area (Å²) in [5.41, 5.74) is 4.04. The molecule has 1 aromatic carbocycles. The molecule has 3 nitrogen and oxygen atoms in total. The second-order valence-electron chi connectivity index (χ2n) is 4.14. The fraction of sp³-hybridized carbons (Fsp3) is 0.357. The number of carbonyl (C=O) groups excluding carboxylic acids is 1. The normalized spacial score (nSPS) is 13.0. The summed E-state index contributed by atoms with van der Waals surface area (Å²) in [6.07, 6.45) is 5.63. The fourth-order valence-corrected chi connectivity index (χ4v) is 2.59. The third kappa shape index (κ3) is 3.25. The zero-order chi connectivity index (χ0) is 13.0. The lowest BCUT2D eigenvalue weighted by Crippen LogP contribution is -2.11. The average molecular weight is 357 g/mol. The number of fused-ring (bicyclic) bond motifs is 1. The molecule has 0 aliphatic heterocycles. The lowest BCUT2D eigenvalue weighted by atomic mass is 9.88. The highest BCUT2D eigenvalue weighted by Crippen LogP contribution is 2.30. The maximum atomic E-state index is 11.1. The molecule has 0 saturated carbocycles. The molecule has 0 unspecified atom stereocenters. The number of halogens is 1. The lowest BCUT2D eigenvalue weighted by molar-refractivity contribution is -0.137. The highest BCUT2D eigenvalue weighted by Gasteiger charge is 2.15. The van der Waals surface area contributed by atoms with E-state index in [-0.39, 0.29) is 5.97 Å². The van der Waals surface area contributed by atoms with E-state index in [1.165, 1.54) is 33.6 Å². The summed E-state index contributed by atoms with van der Waals surface area (Å²) in [7, 11) is 0. The molecule has 1 aromatic rings. The predicted octanol–water partition coefficient (Wildman–Crippen LogP) is 2.92. The van der Waals surface area contributed by atoms with E-state index in [9.17, 15) is 4.79 Å². The molecule has 96 valence electrons. The second kappa shape index (κ2) is 6.22. The highest BCUT2D eigenvalue weighted by atomic mass is 127. The van der Waals surface area contributed by atoms with Gasteiger partial charge in [0.2, 0.25) is 0 Å². The SMILES string of the molecule is CCOC(=O)/C=C/CNc1cc2c(cc1I)CC2.